The molecule has 0 aromatic heterocycles. The largest absolute Gasteiger partial charge is 0.487 e. The van der Waals surface area contributed by atoms with Crippen molar-refractivity contribution in [1.82, 2.24) is 0 Å². The van der Waals surface area contributed by atoms with Crippen LogP contribution in [0.2, 0.25) is 0 Å². The molecule has 0 saturated carbocycles. The molecule has 2 aromatic rings. The Hall–Kier alpha value is -4.01. The third-order valence-electron chi connectivity index (χ3n) is 5.96. The van der Waals surface area contributed by atoms with E-state index in [9.17, 15) is 14.4 Å². The number of amides is 1. The fraction of sp³-hybridized carbons (Fsp3) is 0.433. The fourth-order valence-electron chi connectivity index (χ4n) is 4.14. The summed E-state index contributed by atoms with van der Waals surface area (Å²) in [4.78, 5) is 37.8. The van der Waals surface area contributed by atoms with E-state index in [4.69, 9.17) is 18.9 Å². The first-order valence-electron chi connectivity index (χ1n) is 13.0. The van der Waals surface area contributed by atoms with Crippen LogP contribution < -0.4 is 15.0 Å². The zero-order valence-electron chi connectivity index (χ0n) is 23.5. The predicted octanol–water partition coefficient (Wildman–Crippen LogP) is 5.94. The van der Waals surface area contributed by atoms with Crippen molar-refractivity contribution >= 4 is 29.4 Å². The molecule has 0 bridgehead atoms. The number of nitrogens with one attached hydrogen (secondary N) is 1. The van der Waals surface area contributed by atoms with Gasteiger partial charge in [-0.25, -0.2) is 4.79 Å². The third kappa shape index (κ3) is 8.77. The van der Waals surface area contributed by atoms with Crippen LogP contribution in [0.3, 0.4) is 0 Å². The predicted molar refractivity (Wildman–Crippen MR) is 149 cm³/mol. The second kappa shape index (κ2) is 13.2. The molecule has 9 heteroatoms. The smallest absolute Gasteiger partial charge is 0.414 e. The highest BCUT2D eigenvalue weighted by molar-refractivity contribution is 5.92. The summed E-state index contributed by atoms with van der Waals surface area (Å²) >= 11 is 0. The lowest BCUT2D eigenvalue weighted by molar-refractivity contribution is -0.142. The Bertz CT molecular complexity index is 1200. The Morgan fingerprint density at radius 2 is 1.82 bits per heavy atom. The van der Waals surface area contributed by atoms with Crippen LogP contribution in [0.4, 0.5) is 16.2 Å². The molecule has 1 atom stereocenters. The van der Waals surface area contributed by atoms with E-state index < -0.39 is 17.7 Å². The van der Waals surface area contributed by atoms with Crippen LogP contribution in [-0.2, 0) is 30.4 Å². The maximum Gasteiger partial charge on any atom is 0.414 e. The molecule has 3 rings (SSSR count). The number of rotatable bonds is 10. The Labute approximate surface area is 230 Å². The number of esters is 2. The van der Waals surface area contributed by atoms with Gasteiger partial charge in [0.25, 0.3) is 0 Å². The molecule has 210 valence electrons. The first-order chi connectivity index (χ1) is 18.5. The Kier molecular flexibility index (Phi) is 9.98. The second-order valence-electron chi connectivity index (χ2n) is 10.4. The van der Waals surface area contributed by atoms with Crippen molar-refractivity contribution in [2.24, 2.45) is 0 Å². The molecular weight excluding hydrogens is 500 g/mol. The molecule has 39 heavy (non-hydrogen) atoms. The lowest BCUT2D eigenvalue weighted by Crippen LogP contribution is -2.36. The van der Waals surface area contributed by atoms with E-state index in [1.54, 1.807) is 4.90 Å². The van der Waals surface area contributed by atoms with Gasteiger partial charge < -0.3 is 24.3 Å². The second-order valence-corrected chi connectivity index (χ2v) is 10.4. The number of benzene rings is 2. The van der Waals surface area contributed by atoms with Gasteiger partial charge in [-0.15, -0.1) is 0 Å². The number of nitrogens with zero attached hydrogens (tertiary/aromatic N) is 1. The number of hydrogen-bond donors (Lipinski definition) is 1. The van der Waals surface area contributed by atoms with Crippen molar-refractivity contribution in [2.75, 3.05) is 30.5 Å². The zero-order valence-corrected chi connectivity index (χ0v) is 23.5. The average Bonchev–Trinajstić information content (AvgIpc) is 3.23. The number of carbonyl (C=O) groups is 3. The summed E-state index contributed by atoms with van der Waals surface area (Å²) in [6, 6.07) is 13.5. The first kappa shape index (κ1) is 29.5. The van der Waals surface area contributed by atoms with E-state index in [0.717, 1.165) is 16.8 Å². The standard InChI is InChI=1S/C30H38N2O7/c1-20(11-10-14-28(34)36-6)31-25-15-24-23(19-37-21(2)33)17-32(29(35)39-30(3,4)5)26(24)16-27(25)38-18-22-12-8-7-9-13-22/h7-9,11-13,15-16,23,31H,10,14,17-19H2,1-6H3/b20-11+. The third-order valence-corrected chi connectivity index (χ3v) is 5.96. The number of carbonyl (C=O) groups excluding carboxylic acids is 3. The molecule has 1 aliphatic rings. The summed E-state index contributed by atoms with van der Waals surface area (Å²) < 4.78 is 22.0. The van der Waals surface area contributed by atoms with E-state index in [2.05, 4.69) is 5.32 Å². The number of methoxy groups -OCH3 is 1. The number of ether oxygens (including phenoxy) is 4. The minimum Gasteiger partial charge on any atom is -0.487 e. The number of hydrogen-bond acceptors (Lipinski definition) is 8. The van der Waals surface area contributed by atoms with Crippen LogP contribution in [0, 0.1) is 0 Å². The number of anilines is 2. The van der Waals surface area contributed by atoms with Crippen LogP contribution in [0.15, 0.2) is 54.2 Å². The summed E-state index contributed by atoms with van der Waals surface area (Å²) in [6.07, 6.45) is 2.21. The normalized spacial score (nSPS) is 14.9. The molecule has 0 spiro atoms. The van der Waals surface area contributed by atoms with Crippen molar-refractivity contribution in [2.45, 2.75) is 65.6 Å². The lowest BCUT2D eigenvalue weighted by Gasteiger charge is -2.25. The monoisotopic (exact) mass is 538 g/mol. The molecule has 1 unspecified atom stereocenters. The van der Waals surface area contributed by atoms with Gasteiger partial charge in [-0.2, -0.15) is 0 Å². The van der Waals surface area contributed by atoms with Gasteiger partial charge in [-0.1, -0.05) is 36.4 Å². The van der Waals surface area contributed by atoms with Crippen molar-refractivity contribution in [3.05, 3.63) is 65.4 Å². The van der Waals surface area contributed by atoms with Gasteiger partial charge in [-0.05, 0) is 51.3 Å². The minimum atomic E-state index is -0.675. The number of allylic oxidation sites excluding steroid dienone is 2. The Balaban J connectivity index is 1.98. The molecule has 2 aromatic carbocycles. The molecule has 1 N–H and O–H groups in total. The van der Waals surface area contributed by atoms with E-state index >= 15 is 0 Å². The molecule has 1 amide bonds. The maximum atomic E-state index is 13.2. The van der Waals surface area contributed by atoms with E-state index in [1.807, 2.05) is 76.2 Å². The number of fused-ring (bicyclic) bond motifs is 1. The van der Waals surface area contributed by atoms with Crippen molar-refractivity contribution in [1.29, 1.82) is 0 Å². The molecule has 0 aliphatic carbocycles. The zero-order chi connectivity index (χ0) is 28.6. The van der Waals surface area contributed by atoms with Crippen LogP contribution >= 0.6 is 0 Å². The van der Waals surface area contributed by atoms with Crippen LogP contribution in [-0.4, -0.2) is 43.9 Å². The van der Waals surface area contributed by atoms with Gasteiger partial charge in [0.1, 0.15) is 18.0 Å². The molecule has 1 aliphatic heterocycles. The van der Waals surface area contributed by atoms with Gasteiger partial charge in [-0.3, -0.25) is 14.5 Å². The lowest BCUT2D eigenvalue weighted by atomic mass is 10.0. The fourth-order valence-corrected chi connectivity index (χ4v) is 4.14. The summed E-state index contributed by atoms with van der Waals surface area (Å²) in [7, 11) is 1.37. The molecular formula is C30H38N2O7. The van der Waals surface area contributed by atoms with Crippen LogP contribution in [0.1, 0.15) is 64.5 Å². The Morgan fingerprint density at radius 1 is 1.10 bits per heavy atom. The molecule has 0 radical (unpaired) electrons. The molecule has 9 nitrogen and oxygen atoms in total. The van der Waals surface area contributed by atoms with E-state index in [0.29, 0.717) is 36.7 Å². The highest BCUT2D eigenvalue weighted by Gasteiger charge is 2.37. The molecule has 1 heterocycles. The van der Waals surface area contributed by atoms with Gasteiger partial charge in [0, 0.05) is 37.6 Å². The van der Waals surface area contributed by atoms with Gasteiger partial charge in [0.05, 0.1) is 25.1 Å². The minimum absolute atomic E-state index is 0.124. The molecule has 0 fully saturated rings. The van der Waals surface area contributed by atoms with Crippen molar-refractivity contribution in [3.63, 3.8) is 0 Å². The molecule has 0 saturated heterocycles. The van der Waals surface area contributed by atoms with Crippen molar-refractivity contribution < 1.29 is 33.3 Å². The van der Waals surface area contributed by atoms with E-state index in [1.165, 1.54) is 14.0 Å². The van der Waals surface area contributed by atoms with E-state index in [-0.39, 0.29) is 24.9 Å². The highest BCUT2D eigenvalue weighted by Crippen LogP contribution is 2.44. The average molecular weight is 539 g/mol. The SMILES string of the molecule is COC(=O)CC/C=C(\C)Nc1cc2c(cc1OCc1ccccc1)N(C(=O)OC(C)(C)C)CC2COC(C)=O. The van der Waals surface area contributed by atoms with Crippen molar-refractivity contribution in [3.8, 4) is 5.75 Å². The maximum absolute atomic E-state index is 13.2. The summed E-state index contributed by atoms with van der Waals surface area (Å²) in [5, 5.41) is 3.38. The van der Waals surface area contributed by atoms with Crippen LogP contribution in [0.25, 0.3) is 0 Å². The first-order valence-corrected chi connectivity index (χ1v) is 13.0. The van der Waals surface area contributed by atoms with Gasteiger partial charge in [0.2, 0.25) is 0 Å². The summed E-state index contributed by atoms with van der Waals surface area (Å²) in [6.45, 7) is 9.44. The van der Waals surface area contributed by atoms with Gasteiger partial charge >= 0.3 is 18.0 Å². The summed E-state index contributed by atoms with van der Waals surface area (Å²) in [5.74, 6) is -0.374. The highest BCUT2D eigenvalue weighted by atomic mass is 16.6. The topological polar surface area (TPSA) is 103 Å². The van der Waals surface area contributed by atoms with Gasteiger partial charge in [0.15, 0.2) is 0 Å². The quantitative estimate of drug-likeness (QED) is 0.293. The summed E-state index contributed by atoms with van der Waals surface area (Å²) in [5.41, 5.74) is 3.30. The van der Waals surface area contributed by atoms with Crippen LogP contribution in [0.5, 0.6) is 5.75 Å². The Morgan fingerprint density at radius 3 is 2.46 bits per heavy atom.